The van der Waals surface area contributed by atoms with Crippen molar-refractivity contribution in [2.75, 3.05) is 0 Å². The Kier molecular flexibility index (Phi) is 8.64. The summed E-state index contributed by atoms with van der Waals surface area (Å²) in [5.41, 5.74) is 9.62. The number of fused-ring (bicyclic) bond motifs is 4. The first kappa shape index (κ1) is 30.1. The molecule has 3 aromatic heterocycles. The first-order valence-electron chi connectivity index (χ1n) is 14.8. The predicted molar refractivity (Wildman–Crippen MR) is 181 cm³/mol. The fraction of sp³-hybridized carbons (Fsp3) is 0.103. The number of hydrogen-bond acceptors (Lipinski definition) is 2. The summed E-state index contributed by atoms with van der Waals surface area (Å²) in [5.74, 6) is 0. The topological polar surface area (TPSA) is 36.7 Å². The molecule has 0 aliphatic carbocycles. The first-order valence-corrected chi connectivity index (χ1v) is 14.8. The smallest absolute Gasteiger partial charge is 0.347 e. The molecule has 0 saturated heterocycles. The van der Waals surface area contributed by atoms with Crippen LogP contribution in [0, 0.1) is 19.1 Å². The fourth-order valence-corrected chi connectivity index (χ4v) is 5.64. The minimum absolute atomic E-state index is 0. The van der Waals surface area contributed by atoms with Crippen molar-refractivity contribution >= 4 is 50.7 Å². The van der Waals surface area contributed by atoms with Crippen molar-refractivity contribution in [3.63, 3.8) is 0 Å². The van der Waals surface area contributed by atoms with E-state index in [2.05, 4.69) is 128 Å². The van der Waals surface area contributed by atoms with E-state index >= 15 is 0 Å². The van der Waals surface area contributed by atoms with Crippen molar-refractivity contribution in [2.24, 2.45) is 0 Å². The van der Waals surface area contributed by atoms with Gasteiger partial charge in [0.1, 0.15) is 11.3 Å². The average molecular weight is 762 g/mol. The third-order valence-electron chi connectivity index (χ3n) is 7.71. The van der Waals surface area contributed by atoms with Gasteiger partial charge in [0, 0.05) is 62.8 Å². The zero-order valence-electron chi connectivity index (χ0n) is 25.3. The van der Waals surface area contributed by atoms with E-state index in [1.54, 1.807) is 0 Å². The van der Waals surface area contributed by atoms with Crippen LogP contribution >= 0.6 is 0 Å². The Hall–Kier alpha value is -4.99. The van der Waals surface area contributed by atoms with Crippen LogP contribution < -0.4 is 9.15 Å². The number of aromatic nitrogens is 3. The number of hydrogen-bond donors (Lipinski definition) is 0. The van der Waals surface area contributed by atoms with Gasteiger partial charge in [-0.25, -0.2) is 4.98 Å². The molecule has 0 spiro atoms. The largest absolute Gasteiger partial charge is 0.501 e. The summed E-state index contributed by atoms with van der Waals surface area (Å²) in [4.78, 5) is 8.98. The van der Waals surface area contributed by atoms with E-state index < -0.39 is 0 Å². The maximum Gasteiger partial charge on any atom is 0.501 e. The number of pyridine rings is 2. The molecule has 0 bridgehead atoms. The molecule has 6 heteroatoms. The Labute approximate surface area is 276 Å². The Balaban J connectivity index is 0.000000215. The molecule has 1 aliphatic heterocycles. The number of aryl methyl sites for hydroxylation is 1. The molecule has 1 aliphatic rings. The zero-order valence-corrected chi connectivity index (χ0v) is 27.7. The summed E-state index contributed by atoms with van der Waals surface area (Å²) < 4.78 is 6.50. The molecule has 0 fully saturated rings. The maximum atomic E-state index is 4.67. The molecule has 221 valence electrons. The van der Waals surface area contributed by atoms with Crippen LogP contribution in [0.25, 0.3) is 33.2 Å². The number of benzene rings is 4. The molecular weight excluding hydrogens is 731 g/mol. The molecule has 8 rings (SSSR count). The Morgan fingerprint density at radius 2 is 1.51 bits per heavy atom. The van der Waals surface area contributed by atoms with Crippen LogP contribution in [0.2, 0.25) is 0 Å². The van der Waals surface area contributed by atoms with Gasteiger partial charge in [-0.05, 0) is 48.1 Å². The van der Waals surface area contributed by atoms with E-state index in [1.165, 1.54) is 10.9 Å². The molecule has 1 radical (unpaired) electrons. The summed E-state index contributed by atoms with van der Waals surface area (Å²) in [5, 5.41) is 2.34. The van der Waals surface area contributed by atoms with Gasteiger partial charge in [-0.1, -0.05) is 64.7 Å². The molecule has 0 N–H and O–H groups in total. The number of para-hydroxylation sites is 3. The Morgan fingerprint density at radius 1 is 0.756 bits per heavy atom. The summed E-state index contributed by atoms with van der Waals surface area (Å²) >= 11 is 0. The van der Waals surface area contributed by atoms with Gasteiger partial charge in [-0.2, -0.15) is 6.07 Å². The minimum atomic E-state index is 0. The fourth-order valence-electron chi connectivity index (χ4n) is 5.64. The van der Waals surface area contributed by atoms with Gasteiger partial charge in [0.05, 0.1) is 0 Å². The van der Waals surface area contributed by atoms with Gasteiger partial charge >= 0.3 is 6.01 Å². The van der Waals surface area contributed by atoms with Gasteiger partial charge in [-0.3, -0.25) is 0 Å². The van der Waals surface area contributed by atoms with Crippen molar-refractivity contribution in [1.29, 1.82) is 0 Å². The van der Waals surface area contributed by atoms with E-state index in [0.29, 0.717) is 6.04 Å². The van der Waals surface area contributed by atoms with Gasteiger partial charge in [0.15, 0.2) is 0 Å². The van der Waals surface area contributed by atoms with Crippen molar-refractivity contribution in [3.8, 4) is 11.3 Å². The summed E-state index contributed by atoms with van der Waals surface area (Å²) in [6, 6.07) is 49.6. The molecule has 0 saturated carbocycles. The molecule has 4 aromatic carbocycles. The van der Waals surface area contributed by atoms with Crippen molar-refractivity contribution in [1.82, 2.24) is 23.7 Å². The second kappa shape index (κ2) is 12.9. The van der Waals surface area contributed by atoms with Gasteiger partial charge in [0.25, 0.3) is 11.4 Å². The van der Waals surface area contributed by atoms with Gasteiger partial charge < -0.3 is 9.55 Å². The van der Waals surface area contributed by atoms with Crippen LogP contribution in [0.3, 0.4) is 0 Å². The van der Waals surface area contributed by atoms with Crippen LogP contribution in [0.15, 0.2) is 128 Å². The third-order valence-corrected chi connectivity index (χ3v) is 7.71. The summed E-state index contributed by atoms with van der Waals surface area (Å²) in [6.45, 7) is 6.43. The van der Waals surface area contributed by atoms with Crippen LogP contribution in [-0.4, -0.2) is 20.5 Å². The standard InChI is InChI=1S/C27H21N4.C12H10N.Ir/c1-19(2)31-26-17-21(14-15-22(26)23-11-8-16-28-27(23)31)30-18-29(20-9-4-3-5-10-20)24-12-6-7-13-25(24)30;1-10-7-8-12(13-9-10)11-5-3-2-4-6-11;/h3-13,15-17,19H,1-2H3;2-5,7-9H,1H3;/q+1;-1;. The van der Waals surface area contributed by atoms with E-state index in [0.717, 1.165) is 50.6 Å². The zero-order chi connectivity index (χ0) is 30.0. The SMILES string of the molecule is CC(C)n1c2cc([N+]3=C=[N+](c4ccccc4)c4ccccc43)[c-]cc2c2cccnc21.Cc1ccc(-c2[c-]cccc2)nc1.[Ir]. The van der Waals surface area contributed by atoms with Crippen molar-refractivity contribution in [2.45, 2.75) is 26.8 Å². The molecular formula is C39H31IrN5. The third kappa shape index (κ3) is 5.80. The normalized spacial score (nSPS) is 11.8. The Morgan fingerprint density at radius 3 is 2.22 bits per heavy atom. The molecule has 7 aromatic rings. The molecule has 45 heavy (non-hydrogen) atoms. The second-order valence-corrected chi connectivity index (χ2v) is 11.0. The molecule has 0 unspecified atom stereocenters. The second-order valence-electron chi connectivity index (χ2n) is 11.0. The quantitative estimate of drug-likeness (QED) is 0.133. The molecule has 0 amide bonds. The van der Waals surface area contributed by atoms with Crippen LogP contribution in [-0.2, 0) is 20.1 Å². The monoisotopic (exact) mass is 762 g/mol. The predicted octanol–water partition coefficient (Wildman–Crippen LogP) is 9.28. The van der Waals surface area contributed by atoms with E-state index in [4.69, 9.17) is 0 Å². The molecule has 0 atom stereocenters. The summed E-state index contributed by atoms with van der Waals surface area (Å²) in [7, 11) is 0. The minimum Gasteiger partial charge on any atom is -0.347 e. The molecule has 5 nitrogen and oxygen atoms in total. The van der Waals surface area contributed by atoms with Crippen LogP contribution in [0.4, 0.5) is 22.7 Å². The summed E-state index contributed by atoms with van der Waals surface area (Å²) in [6.07, 6.45) is 3.73. The van der Waals surface area contributed by atoms with Crippen molar-refractivity contribution in [3.05, 3.63) is 145 Å². The van der Waals surface area contributed by atoms with E-state index in [-0.39, 0.29) is 20.1 Å². The van der Waals surface area contributed by atoms with Gasteiger partial charge in [0.2, 0.25) is 5.69 Å². The van der Waals surface area contributed by atoms with Crippen molar-refractivity contribution < 1.29 is 20.1 Å². The maximum absolute atomic E-state index is 4.67. The number of rotatable bonds is 4. The molecule has 4 heterocycles. The van der Waals surface area contributed by atoms with Gasteiger partial charge in [-0.15, -0.1) is 47.3 Å². The Bertz CT molecular complexity index is 2180. The first-order chi connectivity index (χ1) is 21.6. The van der Waals surface area contributed by atoms with E-state index in [1.807, 2.05) is 61.8 Å². The van der Waals surface area contributed by atoms with Crippen LogP contribution in [0.1, 0.15) is 25.5 Å². The van der Waals surface area contributed by atoms with E-state index in [9.17, 15) is 0 Å². The average Bonchev–Trinajstić information content (AvgIpc) is 3.62. The van der Waals surface area contributed by atoms with Crippen LogP contribution in [0.5, 0.6) is 0 Å². The number of nitrogens with zero attached hydrogens (tertiary/aromatic N) is 5.